The fourth-order valence-corrected chi connectivity index (χ4v) is 3.26. The van der Waals surface area contributed by atoms with Crippen molar-refractivity contribution >= 4 is 21.7 Å². The normalized spacial score (nSPS) is 12.0. The molecule has 26 heavy (non-hydrogen) atoms. The first-order valence-electron chi connectivity index (χ1n) is 8.78. The van der Waals surface area contributed by atoms with E-state index in [1.165, 1.54) is 42.3 Å². The Morgan fingerprint density at radius 3 is 2.35 bits per heavy atom. The molecule has 1 aromatic carbocycles. The van der Waals surface area contributed by atoms with Crippen molar-refractivity contribution in [3.63, 3.8) is 0 Å². The van der Waals surface area contributed by atoms with Crippen LogP contribution in [0.2, 0.25) is 0 Å². The Hall–Kier alpha value is -1.92. The molecule has 144 valence electrons. The molecule has 0 radical (unpaired) electrons. The summed E-state index contributed by atoms with van der Waals surface area (Å²) in [6.07, 6.45) is 6.70. The van der Waals surface area contributed by atoms with Crippen LogP contribution in [0.5, 0.6) is 0 Å². The molecule has 0 spiro atoms. The number of hydrogen-bond acceptors (Lipinski definition) is 4. The summed E-state index contributed by atoms with van der Waals surface area (Å²) in [6, 6.07) is 5.93. The van der Waals surface area contributed by atoms with Crippen molar-refractivity contribution in [3.8, 4) is 0 Å². The molecule has 0 heterocycles. The van der Waals surface area contributed by atoms with E-state index in [9.17, 15) is 13.2 Å². The quantitative estimate of drug-likeness (QED) is 0.340. The van der Waals surface area contributed by atoms with Crippen molar-refractivity contribution in [2.24, 2.45) is 0 Å². The van der Waals surface area contributed by atoms with Gasteiger partial charge < -0.3 is 5.32 Å². The SMILES string of the molecule is C=C(C)CC/C=C(\C)CCCCOS(=O)(=O)c1ccc(NC(C)=O)cc1. The number of benzene rings is 1. The standard InChI is InChI=1S/C20H29NO4S/c1-16(2)8-7-10-17(3)9-5-6-15-25-26(23,24)20-13-11-19(12-14-20)21-18(4)22/h10-14H,1,5-9,15H2,2-4H3,(H,21,22)/b17-10+. The summed E-state index contributed by atoms with van der Waals surface area (Å²) in [7, 11) is -3.77. The van der Waals surface area contributed by atoms with E-state index in [0.29, 0.717) is 12.1 Å². The number of carbonyl (C=O) groups excluding carboxylic acids is 1. The predicted octanol–water partition coefficient (Wildman–Crippen LogP) is 4.82. The van der Waals surface area contributed by atoms with Crippen LogP contribution in [-0.2, 0) is 19.1 Å². The lowest BCUT2D eigenvalue weighted by atomic mass is 10.1. The van der Waals surface area contributed by atoms with Crippen LogP contribution in [0.3, 0.4) is 0 Å². The van der Waals surface area contributed by atoms with Crippen LogP contribution in [0, 0.1) is 0 Å². The molecule has 0 aliphatic heterocycles. The second-order valence-electron chi connectivity index (χ2n) is 6.49. The molecule has 1 rings (SSSR count). The lowest BCUT2D eigenvalue weighted by molar-refractivity contribution is -0.114. The maximum Gasteiger partial charge on any atom is 0.296 e. The highest BCUT2D eigenvalue weighted by Crippen LogP contribution is 2.17. The van der Waals surface area contributed by atoms with Gasteiger partial charge in [0, 0.05) is 12.6 Å². The van der Waals surface area contributed by atoms with Crippen LogP contribution in [0.15, 0.2) is 53.0 Å². The Kier molecular flexibility index (Phi) is 9.30. The molecule has 1 aromatic rings. The smallest absolute Gasteiger partial charge is 0.296 e. The van der Waals surface area contributed by atoms with E-state index in [1.807, 2.05) is 6.92 Å². The van der Waals surface area contributed by atoms with E-state index in [2.05, 4.69) is 24.9 Å². The van der Waals surface area contributed by atoms with Crippen molar-refractivity contribution in [1.82, 2.24) is 0 Å². The minimum Gasteiger partial charge on any atom is -0.326 e. The van der Waals surface area contributed by atoms with Gasteiger partial charge in [-0.3, -0.25) is 8.98 Å². The van der Waals surface area contributed by atoms with Crippen LogP contribution in [0.1, 0.15) is 52.9 Å². The maximum atomic E-state index is 12.1. The Morgan fingerprint density at radius 1 is 1.12 bits per heavy atom. The molecule has 0 aromatic heterocycles. The third-order valence-electron chi connectivity index (χ3n) is 3.73. The van der Waals surface area contributed by atoms with Crippen LogP contribution in [-0.4, -0.2) is 20.9 Å². The molecule has 0 unspecified atom stereocenters. The van der Waals surface area contributed by atoms with Crippen molar-refractivity contribution in [2.75, 3.05) is 11.9 Å². The first-order valence-corrected chi connectivity index (χ1v) is 10.2. The van der Waals surface area contributed by atoms with Gasteiger partial charge in [-0.05, 0) is 70.2 Å². The largest absolute Gasteiger partial charge is 0.326 e. The number of nitrogens with one attached hydrogen (secondary N) is 1. The molecule has 5 nitrogen and oxygen atoms in total. The predicted molar refractivity (Wildman–Crippen MR) is 106 cm³/mol. The zero-order valence-corrected chi connectivity index (χ0v) is 16.7. The molecule has 0 atom stereocenters. The van der Waals surface area contributed by atoms with Gasteiger partial charge in [-0.15, -0.1) is 6.58 Å². The average molecular weight is 380 g/mol. The van der Waals surface area contributed by atoms with E-state index in [-0.39, 0.29) is 17.4 Å². The van der Waals surface area contributed by atoms with Crippen LogP contribution >= 0.6 is 0 Å². The molecule has 1 amide bonds. The Bertz CT molecular complexity index is 734. The first kappa shape index (κ1) is 22.1. The molecule has 1 N–H and O–H groups in total. The van der Waals surface area contributed by atoms with Gasteiger partial charge in [-0.25, -0.2) is 0 Å². The third kappa shape index (κ3) is 8.97. The maximum absolute atomic E-state index is 12.1. The van der Waals surface area contributed by atoms with E-state index in [4.69, 9.17) is 4.18 Å². The molecule has 0 bridgehead atoms. The summed E-state index contributed by atoms with van der Waals surface area (Å²) in [5.74, 6) is -0.208. The van der Waals surface area contributed by atoms with E-state index >= 15 is 0 Å². The van der Waals surface area contributed by atoms with Crippen LogP contribution in [0.4, 0.5) is 5.69 Å². The molecular weight excluding hydrogens is 350 g/mol. The minimum absolute atomic E-state index is 0.0856. The zero-order chi connectivity index (χ0) is 19.6. The number of amides is 1. The molecule has 0 aliphatic carbocycles. The first-order chi connectivity index (χ1) is 12.2. The molecule has 0 aliphatic rings. The Labute approximate surface area is 157 Å². The van der Waals surface area contributed by atoms with Gasteiger partial charge in [-0.1, -0.05) is 17.2 Å². The average Bonchev–Trinajstić information content (AvgIpc) is 2.54. The van der Waals surface area contributed by atoms with Crippen molar-refractivity contribution < 1.29 is 17.4 Å². The lowest BCUT2D eigenvalue weighted by Gasteiger charge is -2.07. The van der Waals surface area contributed by atoms with Gasteiger partial charge in [0.05, 0.1) is 11.5 Å². The molecule has 0 saturated heterocycles. The summed E-state index contributed by atoms with van der Waals surface area (Å²) in [5.41, 5.74) is 3.03. The van der Waals surface area contributed by atoms with Crippen molar-refractivity contribution in [2.45, 2.75) is 57.8 Å². The number of carbonyl (C=O) groups is 1. The highest BCUT2D eigenvalue weighted by Gasteiger charge is 2.14. The van der Waals surface area contributed by atoms with Crippen molar-refractivity contribution in [3.05, 3.63) is 48.1 Å². The van der Waals surface area contributed by atoms with E-state index in [1.54, 1.807) is 0 Å². The highest BCUT2D eigenvalue weighted by atomic mass is 32.2. The van der Waals surface area contributed by atoms with E-state index in [0.717, 1.165) is 25.7 Å². The molecular formula is C20H29NO4S. The van der Waals surface area contributed by atoms with E-state index < -0.39 is 10.1 Å². The Morgan fingerprint density at radius 2 is 1.77 bits per heavy atom. The van der Waals surface area contributed by atoms with Gasteiger partial charge in [0.1, 0.15) is 0 Å². The number of hydrogen-bond donors (Lipinski definition) is 1. The summed E-state index contributed by atoms with van der Waals surface area (Å²) in [6.45, 7) is 9.55. The lowest BCUT2D eigenvalue weighted by Crippen LogP contribution is -2.09. The highest BCUT2D eigenvalue weighted by molar-refractivity contribution is 7.86. The summed E-state index contributed by atoms with van der Waals surface area (Å²) in [4.78, 5) is 11.1. The number of allylic oxidation sites excluding steroid dienone is 3. The van der Waals surface area contributed by atoms with Gasteiger partial charge in [0.25, 0.3) is 10.1 Å². The zero-order valence-electron chi connectivity index (χ0n) is 15.9. The fraction of sp³-hybridized carbons (Fsp3) is 0.450. The minimum atomic E-state index is -3.77. The number of unbranched alkanes of at least 4 members (excludes halogenated alkanes) is 1. The Balaban J connectivity index is 2.37. The van der Waals surface area contributed by atoms with Crippen LogP contribution < -0.4 is 5.32 Å². The second kappa shape index (κ2) is 10.9. The van der Waals surface area contributed by atoms with Crippen LogP contribution in [0.25, 0.3) is 0 Å². The topological polar surface area (TPSA) is 72.5 Å². The molecule has 6 heteroatoms. The summed E-state index contributed by atoms with van der Waals surface area (Å²) in [5, 5.41) is 2.59. The molecule has 0 saturated carbocycles. The number of anilines is 1. The van der Waals surface area contributed by atoms with Gasteiger partial charge in [-0.2, -0.15) is 8.42 Å². The van der Waals surface area contributed by atoms with Gasteiger partial charge >= 0.3 is 0 Å². The van der Waals surface area contributed by atoms with Gasteiger partial charge in [0.2, 0.25) is 5.91 Å². The molecule has 0 fully saturated rings. The summed E-state index contributed by atoms with van der Waals surface area (Å²) < 4.78 is 29.4. The van der Waals surface area contributed by atoms with Gasteiger partial charge in [0.15, 0.2) is 0 Å². The second-order valence-corrected chi connectivity index (χ2v) is 8.10. The number of rotatable bonds is 11. The summed E-state index contributed by atoms with van der Waals surface area (Å²) >= 11 is 0. The fourth-order valence-electron chi connectivity index (χ4n) is 2.32. The monoisotopic (exact) mass is 379 g/mol. The van der Waals surface area contributed by atoms with Crippen molar-refractivity contribution in [1.29, 1.82) is 0 Å². The third-order valence-corrected chi connectivity index (χ3v) is 5.06.